The Labute approximate surface area is 119 Å². The molecule has 2 rings (SSSR count). The van der Waals surface area contributed by atoms with Gasteiger partial charge in [0.2, 0.25) is 5.88 Å². The minimum absolute atomic E-state index is 0.0445. The molecular weight excluding hydrogens is 343 g/mol. The van der Waals surface area contributed by atoms with Gasteiger partial charge < -0.3 is 4.74 Å². The highest BCUT2D eigenvalue weighted by atomic mass is 127. The van der Waals surface area contributed by atoms with E-state index in [4.69, 9.17) is 4.74 Å². The summed E-state index contributed by atoms with van der Waals surface area (Å²) in [5.41, 5.74) is 1.35. The van der Waals surface area contributed by atoms with Crippen LogP contribution in [0.3, 0.4) is 0 Å². The van der Waals surface area contributed by atoms with E-state index in [0.717, 1.165) is 9.13 Å². The van der Waals surface area contributed by atoms with Crippen molar-refractivity contribution in [3.8, 4) is 5.88 Å². The van der Waals surface area contributed by atoms with Gasteiger partial charge in [-0.05, 0) is 40.3 Å². The lowest BCUT2D eigenvalue weighted by Crippen LogP contribution is -2.06. The summed E-state index contributed by atoms with van der Waals surface area (Å²) in [6.45, 7) is 0. The number of hydrogen-bond acceptors (Lipinski definition) is 4. The van der Waals surface area contributed by atoms with Crippen molar-refractivity contribution in [1.82, 2.24) is 9.97 Å². The normalized spacial score (nSPS) is 10.1. The van der Waals surface area contributed by atoms with Gasteiger partial charge in [0.05, 0.1) is 7.11 Å². The first kappa shape index (κ1) is 12.9. The number of benzene rings is 1. The number of methoxy groups -OCH3 is 1. The number of hydrogen-bond donors (Lipinski definition) is 0. The molecule has 0 saturated carbocycles. The van der Waals surface area contributed by atoms with Gasteiger partial charge in [0.15, 0.2) is 5.78 Å². The van der Waals surface area contributed by atoms with Crippen LogP contribution in [0.5, 0.6) is 5.88 Å². The van der Waals surface area contributed by atoms with Gasteiger partial charge in [0.1, 0.15) is 12.0 Å². The number of rotatable bonds is 4. The highest BCUT2D eigenvalue weighted by Crippen LogP contribution is 2.11. The molecule has 0 aliphatic carbocycles. The van der Waals surface area contributed by atoms with Gasteiger partial charge in [0, 0.05) is 16.1 Å². The van der Waals surface area contributed by atoms with Crippen LogP contribution in [-0.2, 0) is 6.42 Å². The van der Waals surface area contributed by atoms with Gasteiger partial charge in [-0.3, -0.25) is 4.79 Å². The van der Waals surface area contributed by atoms with Crippen LogP contribution in [0.4, 0.5) is 0 Å². The average Bonchev–Trinajstić information content (AvgIpc) is 2.41. The first-order chi connectivity index (χ1) is 8.69. The molecule has 0 aliphatic rings. The van der Waals surface area contributed by atoms with E-state index in [1.807, 2.05) is 24.3 Å². The largest absolute Gasteiger partial charge is 0.481 e. The lowest BCUT2D eigenvalue weighted by atomic mass is 10.1. The summed E-state index contributed by atoms with van der Waals surface area (Å²) in [7, 11) is 1.51. The minimum Gasteiger partial charge on any atom is -0.481 e. The zero-order valence-electron chi connectivity index (χ0n) is 9.76. The minimum atomic E-state index is -0.0445. The van der Waals surface area contributed by atoms with Crippen molar-refractivity contribution in [2.45, 2.75) is 6.42 Å². The number of ether oxygens (including phenoxy) is 1. The van der Waals surface area contributed by atoms with Crippen molar-refractivity contribution in [3.63, 3.8) is 0 Å². The Balaban J connectivity index is 2.14. The van der Waals surface area contributed by atoms with Crippen molar-refractivity contribution in [2.24, 2.45) is 0 Å². The molecule has 0 saturated heterocycles. The second kappa shape index (κ2) is 5.90. The fraction of sp³-hybridized carbons (Fsp3) is 0.154. The summed E-state index contributed by atoms with van der Waals surface area (Å²) in [6, 6.07) is 9.39. The standard InChI is InChI=1S/C13H11IN2O2/c1-18-13-7-11(15-8-16-13)12(17)6-9-2-4-10(14)5-3-9/h2-5,7-8H,6H2,1H3. The molecule has 5 heteroatoms. The summed E-state index contributed by atoms with van der Waals surface area (Å²) < 4.78 is 6.11. The molecule has 1 aromatic carbocycles. The van der Waals surface area contributed by atoms with E-state index in [0.29, 0.717) is 18.0 Å². The Kier molecular flexibility index (Phi) is 4.24. The maximum atomic E-state index is 12.0. The van der Waals surface area contributed by atoms with Gasteiger partial charge in [-0.1, -0.05) is 12.1 Å². The molecule has 0 spiro atoms. The molecule has 0 unspecified atom stereocenters. The Hall–Kier alpha value is -1.50. The zero-order chi connectivity index (χ0) is 13.0. The van der Waals surface area contributed by atoms with Crippen molar-refractivity contribution in [2.75, 3.05) is 7.11 Å². The number of carbonyl (C=O) groups is 1. The predicted molar refractivity (Wildman–Crippen MR) is 75.8 cm³/mol. The summed E-state index contributed by atoms with van der Waals surface area (Å²) >= 11 is 2.23. The number of ketones is 1. The number of Topliss-reactive ketones (excluding diaryl/α,β-unsaturated/α-hetero) is 1. The van der Waals surface area contributed by atoms with Crippen LogP contribution in [0.25, 0.3) is 0 Å². The molecule has 1 aromatic heterocycles. The number of carbonyl (C=O) groups excluding carboxylic acids is 1. The maximum Gasteiger partial charge on any atom is 0.216 e. The van der Waals surface area contributed by atoms with Crippen molar-refractivity contribution >= 4 is 28.4 Å². The summed E-state index contributed by atoms with van der Waals surface area (Å²) in [5, 5.41) is 0. The van der Waals surface area contributed by atoms with Gasteiger partial charge >= 0.3 is 0 Å². The van der Waals surface area contributed by atoms with E-state index in [1.54, 1.807) is 6.07 Å². The van der Waals surface area contributed by atoms with Crippen LogP contribution in [0.2, 0.25) is 0 Å². The van der Waals surface area contributed by atoms with E-state index >= 15 is 0 Å². The van der Waals surface area contributed by atoms with Crippen LogP contribution in [0.15, 0.2) is 36.7 Å². The van der Waals surface area contributed by atoms with Crippen LogP contribution in [0, 0.1) is 3.57 Å². The predicted octanol–water partition coefficient (Wildman–Crippen LogP) is 2.52. The van der Waals surface area contributed by atoms with E-state index < -0.39 is 0 Å². The highest BCUT2D eigenvalue weighted by molar-refractivity contribution is 14.1. The molecule has 0 atom stereocenters. The van der Waals surface area contributed by atoms with Crippen molar-refractivity contribution < 1.29 is 9.53 Å². The lowest BCUT2D eigenvalue weighted by Gasteiger charge is -2.02. The molecular formula is C13H11IN2O2. The van der Waals surface area contributed by atoms with Crippen LogP contribution in [0.1, 0.15) is 16.1 Å². The fourth-order valence-corrected chi connectivity index (χ4v) is 1.84. The van der Waals surface area contributed by atoms with Crippen LogP contribution in [-0.4, -0.2) is 22.9 Å². The second-order valence-electron chi connectivity index (χ2n) is 3.67. The number of halogens is 1. The van der Waals surface area contributed by atoms with Gasteiger partial charge in [-0.2, -0.15) is 0 Å². The van der Waals surface area contributed by atoms with E-state index in [9.17, 15) is 4.79 Å². The van der Waals surface area contributed by atoms with Gasteiger partial charge in [0.25, 0.3) is 0 Å². The summed E-state index contributed by atoms with van der Waals surface area (Å²) in [5.74, 6) is 0.355. The molecule has 92 valence electrons. The SMILES string of the molecule is COc1cc(C(=O)Cc2ccc(I)cc2)ncn1. The van der Waals surface area contributed by atoms with E-state index in [1.165, 1.54) is 13.4 Å². The molecule has 0 bridgehead atoms. The molecule has 0 N–H and O–H groups in total. The van der Waals surface area contributed by atoms with E-state index in [-0.39, 0.29) is 5.78 Å². The third-order valence-corrected chi connectivity index (χ3v) is 3.13. The first-order valence-corrected chi connectivity index (χ1v) is 6.40. The van der Waals surface area contributed by atoms with Crippen LogP contribution < -0.4 is 4.74 Å². The van der Waals surface area contributed by atoms with Crippen molar-refractivity contribution in [3.05, 3.63) is 51.5 Å². The third kappa shape index (κ3) is 3.25. The molecule has 0 fully saturated rings. The fourth-order valence-electron chi connectivity index (χ4n) is 1.48. The van der Waals surface area contributed by atoms with Gasteiger partial charge in [-0.25, -0.2) is 9.97 Å². The number of nitrogens with zero attached hydrogens (tertiary/aromatic N) is 2. The Bertz CT molecular complexity index is 555. The lowest BCUT2D eigenvalue weighted by molar-refractivity contribution is 0.0987. The molecule has 0 amide bonds. The summed E-state index contributed by atoms with van der Waals surface area (Å²) in [6.07, 6.45) is 1.66. The molecule has 1 heterocycles. The molecule has 0 aliphatic heterocycles. The zero-order valence-corrected chi connectivity index (χ0v) is 11.9. The first-order valence-electron chi connectivity index (χ1n) is 5.32. The monoisotopic (exact) mass is 354 g/mol. The molecule has 2 aromatic rings. The van der Waals surface area contributed by atoms with E-state index in [2.05, 4.69) is 32.6 Å². The quantitative estimate of drug-likeness (QED) is 0.626. The number of aromatic nitrogens is 2. The Morgan fingerprint density at radius 2 is 2.00 bits per heavy atom. The van der Waals surface area contributed by atoms with Gasteiger partial charge in [-0.15, -0.1) is 0 Å². The Morgan fingerprint density at radius 1 is 1.28 bits per heavy atom. The second-order valence-corrected chi connectivity index (χ2v) is 4.92. The third-order valence-electron chi connectivity index (χ3n) is 2.41. The van der Waals surface area contributed by atoms with Crippen LogP contribution >= 0.6 is 22.6 Å². The topological polar surface area (TPSA) is 52.1 Å². The maximum absolute atomic E-state index is 12.0. The Morgan fingerprint density at radius 3 is 2.67 bits per heavy atom. The molecule has 4 nitrogen and oxygen atoms in total. The average molecular weight is 354 g/mol. The molecule has 0 radical (unpaired) electrons. The smallest absolute Gasteiger partial charge is 0.216 e. The van der Waals surface area contributed by atoms with Crippen molar-refractivity contribution in [1.29, 1.82) is 0 Å². The summed E-state index contributed by atoms with van der Waals surface area (Å²) in [4.78, 5) is 19.9. The molecule has 18 heavy (non-hydrogen) atoms. The highest BCUT2D eigenvalue weighted by Gasteiger charge is 2.10.